The SMILES string of the molecule is CS(=O)(=O)c1ccccc1S(=O)(=O)Nc1cc(C(F)(F)F)ccc1Cl. The molecule has 1 N–H and O–H groups in total. The van der Waals surface area contributed by atoms with E-state index in [0.717, 1.165) is 24.5 Å². The molecule has 0 amide bonds. The van der Waals surface area contributed by atoms with Crippen LogP contribution in [0.4, 0.5) is 18.9 Å². The Labute approximate surface area is 147 Å². The minimum absolute atomic E-state index is 0.270. The Kier molecular flexibility index (Phi) is 5.08. The maximum Gasteiger partial charge on any atom is 0.416 e. The Bertz CT molecular complexity index is 1020. The summed E-state index contributed by atoms with van der Waals surface area (Å²) in [4.78, 5) is -1.07. The van der Waals surface area contributed by atoms with Gasteiger partial charge in [0.25, 0.3) is 10.0 Å². The predicted molar refractivity (Wildman–Crippen MR) is 86.8 cm³/mol. The molecule has 11 heteroatoms. The van der Waals surface area contributed by atoms with Crippen molar-refractivity contribution in [1.29, 1.82) is 0 Å². The third-order valence-corrected chi connectivity index (χ3v) is 6.11. The highest BCUT2D eigenvalue weighted by Crippen LogP contribution is 2.35. The van der Waals surface area contributed by atoms with Gasteiger partial charge in [-0.25, -0.2) is 16.8 Å². The largest absolute Gasteiger partial charge is 0.416 e. The van der Waals surface area contributed by atoms with E-state index in [1.165, 1.54) is 12.1 Å². The van der Waals surface area contributed by atoms with Crippen LogP contribution in [0.5, 0.6) is 0 Å². The molecule has 2 aromatic carbocycles. The van der Waals surface area contributed by atoms with Gasteiger partial charge in [0.1, 0.15) is 4.90 Å². The van der Waals surface area contributed by atoms with E-state index in [2.05, 4.69) is 0 Å². The van der Waals surface area contributed by atoms with Crippen molar-refractivity contribution in [3.8, 4) is 0 Å². The normalized spacial score (nSPS) is 12.8. The van der Waals surface area contributed by atoms with Crippen molar-refractivity contribution in [2.75, 3.05) is 11.0 Å². The highest BCUT2D eigenvalue weighted by atomic mass is 35.5. The minimum Gasteiger partial charge on any atom is -0.278 e. The number of hydrogen-bond donors (Lipinski definition) is 1. The molecule has 5 nitrogen and oxygen atoms in total. The monoisotopic (exact) mass is 413 g/mol. The van der Waals surface area contributed by atoms with Gasteiger partial charge in [-0.05, 0) is 30.3 Å². The molecule has 0 aliphatic carbocycles. The van der Waals surface area contributed by atoms with Crippen LogP contribution in [-0.2, 0) is 26.0 Å². The van der Waals surface area contributed by atoms with E-state index in [-0.39, 0.29) is 5.02 Å². The van der Waals surface area contributed by atoms with Crippen molar-refractivity contribution in [1.82, 2.24) is 0 Å². The first-order valence-corrected chi connectivity index (χ1v) is 10.3. The van der Waals surface area contributed by atoms with Gasteiger partial charge >= 0.3 is 6.18 Å². The molecule has 136 valence electrons. The van der Waals surface area contributed by atoms with Gasteiger partial charge in [-0.3, -0.25) is 4.72 Å². The number of alkyl halides is 3. The summed E-state index contributed by atoms with van der Waals surface area (Å²) < 4.78 is 88.6. The van der Waals surface area contributed by atoms with E-state index in [1.807, 2.05) is 4.72 Å². The summed E-state index contributed by atoms with van der Waals surface area (Å²) in [5.41, 5.74) is -1.62. The number of halogens is 4. The average Bonchev–Trinajstić information content (AvgIpc) is 2.47. The zero-order chi connectivity index (χ0) is 19.0. The van der Waals surface area contributed by atoms with Crippen molar-refractivity contribution in [2.24, 2.45) is 0 Å². The maximum absolute atomic E-state index is 12.8. The third-order valence-electron chi connectivity index (χ3n) is 3.08. The summed E-state index contributed by atoms with van der Waals surface area (Å²) in [6, 6.07) is 6.85. The third kappa shape index (κ3) is 4.44. The number of anilines is 1. The molecular weight excluding hydrogens is 403 g/mol. The van der Waals surface area contributed by atoms with Gasteiger partial charge in [0.2, 0.25) is 0 Å². The van der Waals surface area contributed by atoms with Gasteiger partial charge < -0.3 is 0 Å². The van der Waals surface area contributed by atoms with Crippen LogP contribution >= 0.6 is 11.6 Å². The predicted octanol–water partition coefficient (Wildman–Crippen LogP) is 3.56. The standard InChI is InChI=1S/C14H11ClF3NO4S2/c1-24(20,21)12-4-2-3-5-13(12)25(22,23)19-11-8-9(14(16,17)18)6-7-10(11)15/h2-8,19H,1H3. The number of nitrogens with one attached hydrogen (secondary N) is 1. The van der Waals surface area contributed by atoms with Crippen LogP contribution in [0.2, 0.25) is 5.02 Å². The number of sulfone groups is 1. The zero-order valence-electron chi connectivity index (χ0n) is 12.5. The van der Waals surface area contributed by atoms with Crippen LogP contribution in [0, 0.1) is 0 Å². The maximum atomic E-state index is 12.8. The second-order valence-corrected chi connectivity index (χ2v) is 9.06. The molecule has 0 heterocycles. The molecule has 0 aliphatic rings. The fraction of sp³-hybridized carbons (Fsp3) is 0.143. The van der Waals surface area contributed by atoms with Gasteiger partial charge in [0.15, 0.2) is 9.84 Å². The summed E-state index contributed by atoms with van der Waals surface area (Å²) in [7, 11) is -8.38. The summed E-state index contributed by atoms with van der Waals surface area (Å²) >= 11 is 5.76. The van der Waals surface area contributed by atoms with E-state index in [1.54, 1.807) is 0 Å². The fourth-order valence-corrected chi connectivity index (χ4v) is 4.88. The first-order valence-electron chi connectivity index (χ1n) is 6.51. The summed E-state index contributed by atoms with van der Waals surface area (Å²) in [6.45, 7) is 0. The van der Waals surface area contributed by atoms with E-state index in [0.29, 0.717) is 12.1 Å². The molecule has 0 saturated carbocycles. The van der Waals surface area contributed by atoms with Gasteiger partial charge in [0.05, 0.1) is 21.2 Å². The number of rotatable bonds is 4. The lowest BCUT2D eigenvalue weighted by atomic mass is 10.2. The van der Waals surface area contributed by atoms with Crippen molar-refractivity contribution in [2.45, 2.75) is 16.0 Å². The molecule has 25 heavy (non-hydrogen) atoms. The minimum atomic E-state index is -4.70. The van der Waals surface area contributed by atoms with Gasteiger partial charge in [-0.1, -0.05) is 23.7 Å². The Morgan fingerprint density at radius 3 is 2.04 bits per heavy atom. The lowest BCUT2D eigenvalue weighted by Crippen LogP contribution is -2.17. The lowest BCUT2D eigenvalue weighted by Gasteiger charge is -2.14. The Hall–Kier alpha value is -1.78. The highest BCUT2D eigenvalue weighted by molar-refractivity contribution is 7.95. The van der Waals surface area contributed by atoms with E-state index in [4.69, 9.17) is 11.6 Å². The first kappa shape index (κ1) is 19.5. The first-order chi connectivity index (χ1) is 11.3. The summed E-state index contributed by atoms with van der Waals surface area (Å²) in [6.07, 6.45) is -3.88. The summed E-state index contributed by atoms with van der Waals surface area (Å²) in [5, 5.41) is -0.270. The molecule has 2 rings (SSSR count). The van der Waals surface area contributed by atoms with Crippen molar-refractivity contribution in [3.63, 3.8) is 0 Å². The molecule has 0 atom stereocenters. The molecule has 0 fully saturated rings. The van der Waals surface area contributed by atoms with Gasteiger partial charge in [-0.15, -0.1) is 0 Å². The molecule has 0 unspecified atom stereocenters. The van der Waals surface area contributed by atoms with Crippen molar-refractivity contribution < 1.29 is 30.0 Å². The van der Waals surface area contributed by atoms with Crippen molar-refractivity contribution >= 4 is 37.1 Å². The van der Waals surface area contributed by atoms with Crippen LogP contribution in [0.15, 0.2) is 52.3 Å². The van der Waals surface area contributed by atoms with Crippen LogP contribution in [0.1, 0.15) is 5.56 Å². The quantitative estimate of drug-likeness (QED) is 0.831. The van der Waals surface area contributed by atoms with Crippen LogP contribution < -0.4 is 4.72 Å². The van der Waals surface area contributed by atoms with Crippen LogP contribution in [0.25, 0.3) is 0 Å². The molecular formula is C14H11ClF3NO4S2. The molecule has 0 spiro atoms. The van der Waals surface area contributed by atoms with Crippen LogP contribution in [-0.4, -0.2) is 23.1 Å². The molecule has 0 aromatic heterocycles. The van der Waals surface area contributed by atoms with Crippen LogP contribution in [0.3, 0.4) is 0 Å². The Morgan fingerprint density at radius 2 is 1.52 bits per heavy atom. The van der Waals surface area contributed by atoms with E-state index >= 15 is 0 Å². The molecule has 0 bridgehead atoms. The smallest absolute Gasteiger partial charge is 0.278 e. The lowest BCUT2D eigenvalue weighted by molar-refractivity contribution is -0.137. The fourth-order valence-electron chi connectivity index (χ4n) is 1.96. The number of sulfonamides is 1. The van der Waals surface area contributed by atoms with Gasteiger partial charge in [-0.2, -0.15) is 13.2 Å². The Morgan fingerprint density at radius 1 is 0.960 bits per heavy atom. The topological polar surface area (TPSA) is 80.3 Å². The molecule has 0 aliphatic heterocycles. The summed E-state index contributed by atoms with van der Waals surface area (Å²) in [5.74, 6) is 0. The molecule has 0 saturated heterocycles. The molecule has 2 aromatic rings. The number of hydrogen-bond acceptors (Lipinski definition) is 4. The van der Waals surface area contributed by atoms with E-state index in [9.17, 15) is 30.0 Å². The molecule has 0 radical (unpaired) electrons. The average molecular weight is 414 g/mol. The highest BCUT2D eigenvalue weighted by Gasteiger charge is 2.32. The second-order valence-electron chi connectivity index (χ2n) is 5.02. The van der Waals surface area contributed by atoms with Crippen molar-refractivity contribution in [3.05, 3.63) is 53.1 Å². The Balaban J connectivity index is 2.55. The number of benzene rings is 2. The van der Waals surface area contributed by atoms with Gasteiger partial charge in [0, 0.05) is 6.26 Å². The zero-order valence-corrected chi connectivity index (χ0v) is 14.9. The second kappa shape index (κ2) is 6.50. The van der Waals surface area contributed by atoms with E-state index < -0.39 is 47.1 Å².